The van der Waals surface area contributed by atoms with Crippen molar-refractivity contribution in [3.05, 3.63) is 101 Å². The van der Waals surface area contributed by atoms with E-state index in [2.05, 4.69) is 146 Å². The zero-order valence-electron chi connectivity index (χ0n) is 31.7. The van der Waals surface area contributed by atoms with E-state index < -0.39 is 0 Å². The highest BCUT2D eigenvalue weighted by Gasteiger charge is 2.28. The fourth-order valence-electron chi connectivity index (χ4n) is 4.28. The first-order valence-corrected chi connectivity index (χ1v) is 18.2. The summed E-state index contributed by atoms with van der Waals surface area (Å²) in [5.74, 6) is 1.87. The summed E-state index contributed by atoms with van der Waals surface area (Å²) in [4.78, 5) is 2.36. The van der Waals surface area contributed by atoms with Crippen molar-refractivity contribution in [3.8, 4) is 5.75 Å². The monoisotopic (exact) mass is 650 g/mol. The second kappa shape index (κ2) is 18.9. The highest BCUT2D eigenvalue weighted by atomic mass is 32.2. The highest BCUT2D eigenvalue weighted by Crippen LogP contribution is 2.43. The number of thioether (sulfide) groups is 1. The summed E-state index contributed by atoms with van der Waals surface area (Å²) >= 11 is 6.28. The summed E-state index contributed by atoms with van der Waals surface area (Å²) in [6.45, 7) is 37.1. The van der Waals surface area contributed by atoms with Crippen molar-refractivity contribution >= 4 is 24.4 Å². The number of rotatable bonds is 5. The third-order valence-electron chi connectivity index (χ3n) is 7.01. The van der Waals surface area contributed by atoms with Gasteiger partial charge in [0, 0.05) is 27.3 Å². The molecule has 0 aliphatic heterocycles. The minimum Gasteiger partial charge on any atom is -0.462 e. The molecule has 1 nitrogen and oxygen atoms in total. The van der Waals surface area contributed by atoms with Crippen molar-refractivity contribution < 1.29 is 4.74 Å². The summed E-state index contributed by atoms with van der Waals surface area (Å²) in [5, 5.41) is 0. The molecule has 0 heterocycles. The molecule has 0 unspecified atom stereocenters. The van der Waals surface area contributed by atoms with E-state index in [1.54, 1.807) is 11.8 Å². The lowest BCUT2D eigenvalue weighted by molar-refractivity contribution is 0.375. The van der Waals surface area contributed by atoms with Crippen LogP contribution in [0.1, 0.15) is 139 Å². The van der Waals surface area contributed by atoms with Crippen molar-refractivity contribution in [1.82, 2.24) is 0 Å². The molecular weight excluding hydrogens is 585 g/mol. The molecule has 0 fully saturated rings. The van der Waals surface area contributed by atoms with E-state index in [0.717, 1.165) is 29.2 Å². The minimum atomic E-state index is 0.0353. The van der Waals surface area contributed by atoms with Gasteiger partial charge in [-0.15, -0.1) is 24.4 Å². The minimum absolute atomic E-state index is 0.0353. The second-order valence-corrected chi connectivity index (χ2v) is 16.8. The van der Waals surface area contributed by atoms with Crippen molar-refractivity contribution in [1.29, 1.82) is 0 Å². The quantitative estimate of drug-likeness (QED) is 0.167. The fraction of sp³-hybridized carbons (Fsp3) is 0.524. The van der Waals surface area contributed by atoms with Gasteiger partial charge in [0.25, 0.3) is 0 Å². The first-order valence-electron chi connectivity index (χ1n) is 16.5. The molecule has 0 saturated carbocycles. The SMILES string of the molecule is C=C(CCC)Oc1c(C(C)(C)C)cc(SC)cc1C(C)(C)C.CC.CC(C)(C)c1cc(S)cc(C(C)(C)C)c1.c1ccccc1. The fourth-order valence-corrected chi connectivity index (χ4v) is 5.03. The zero-order valence-corrected chi connectivity index (χ0v) is 33.4. The number of thiol groups is 1. The van der Waals surface area contributed by atoms with E-state index in [-0.39, 0.29) is 21.7 Å². The lowest BCUT2D eigenvalue weighted by Gasteiger charge is -2.30. The Hall–Kier alpha value is -2.10. The Bertz CT molecular complexity index is 1180. The molecule has 0 aromatic heterocycles. The number of ether oxygens (including phenoxy) is 1. The molecule has 0 N–H and O–H groups in total. The van der Waals surface area contributed by atoms with Crippen LogP contribution >= 0.6 is 24.4 Å². The highest BCUT2D eigenvalue weighted by molar-refractivity contribution is 7.98. The third kappa shape index (κ3) is 15.8. The van der Waals surface area contributed by atoms with Crippen molar-refractivity contribution in [2.45, 2.75) is 148 Å². The Labute approximate surface area is 289 Å². The van der Waals surface area contributed by atoms with E-state index in [4.69, 9.17) is 4.74 Å². The molecule has 45 heavy (non-hydrogen) atoms. The number of benzene rings is 3. The summed E-state index contributed by atoms with van der Waals surface area (Å²) in [6, 6.07) is 23.2. The lowest BCUT2D eigenvalue weighted by atomic mass is 9.79. The molecule has 252 valence electrons. The van der Waals surface area contributed by atoms with Gasteiger partial charge in [-0.2, -0.15) is 0 Å². The van der Waals surface area contributed by atoms with Crippen LogP contribution in [0.25, 0.3) is 0 Å². The maximum Gasteiger partial charge on any atom is 0.134 e. The average Bonchev–Trinajstić information content (AvgIpc) is 2.93. The molecule has 3 heteroatoms. The van der Waals surface area contributed by atoms with Gasteiger partial charge in [0.05, 0.1) is 5.76 Å². The predicted molar refractivity (Wildman–Crippen MR) is 209 cm³/mol. The largest absolute Gasteiger partial charge is 0.462 e. The van der Waals surface area contributed by atoms with Gasteiger partial charge in [-0.05, 0) is 69.7 Å². The topological polar surface area (TPSA) is 9.23 Å². The van der Waals surface area contributed by atoms with Crippen LogP contribution in [0.5, 0.6) is 5.75 Å². The van der Waals surface area contributed by atoms with Crippen LogP contribution < -0.4 is 4.74 Å². The van der Waals surface area contributed by atoms with Crippen LogP contribution in [-0.4, -0.2) is 6.26 Å². The molecule has 0 aliphatic carbocycles. The molecule has 3 aromatic carbocycles. The maximum atomic E-state index is 6.27. The van der Waals surface area contributed by atoms with E-state index in [1.807, 2.05) is 50.2 Å². The standard InChI is InChI=1S/C20H32OS.C14H22S.C6H6.C2H6/c1-10-11-14(2)21-18-16(19(3,4)5)12-15(22-9)13-17(18)20(6,7)8;1-13(2,3)10-7-11(14(4,5)6)9-12(15)8-10;1-2-4-6-5-3-1;1-2/h12-13H,2,10-11H2,1,3-9H3;7-9,15H,1-6H3;1-6H;1-2H3. The molecule has 0 radical (unpaired) electrons. The first-order chi connectivity index (χ1) is 20.6. The van der Waals surface area contributed by atoms with Gasteiger partial charge in [-0.3, -0.25) is 0 Å². The van der Waals surface area contributed by atoms with Crippen LogP contribution in [0.4, 0.5) is 0 Å². The molecule has 0 aliphatic rings. The lowest BCUT2D eigenvalue weighted by Crippen LogP contribution is -2.20. The van der Waals surface area contributed by atoms with Gasteiger partial charge in [-0.1, -0.05) is 153 Å². The van der Waals surface area contributed by atoms with Gasteiger partial charge in [0.2, 0.25) is 0 Å². The van der Waals surface area contributed by atoms with Crippen LogP contribution in [0.2, 0.25) is 0 Å². The maximum absolute atomic E-state index is 6.27. The van der Waals surface area contributed by atoms with E-state index >= 15 is 0 Å². The van der Waals surface area contributed by atoms with Crippen molar-refractivity contribution in [3.63, 3.8) is 0 Å². The Kier molecular flexibility index (Phi) is 18.0. The smallest absolute Gasteiger partial charge is 0.134 e. The number of hydrogen-bond acceptors (Lipinski definition) is 3. The molecular formula is C42H66OS2. The van der Waals surface area contributed by atoms with E-state index in [1.165, 1.54) is 27.1 Å². The van der Waals surface area contributed by atoms with Crippen LogP contribution in [0.15, 0.2) is 88.9 Å². The van der Waals surface area contributed by atoms with E-state index in [0.29, 0.717) is 0 Å². The Balaban J connectivity index is 0.000000719. The van der Waals surface area contributed by atoms with Gasteiger partial charge in [-0.25, -0.2) is 0 Å². The van der Waals surface area contributed by atoms with Gasteiger partial charge in [0.15, 0.2) is 0 Å². The molecule has 0 saturated heterocycles. The zero-order chi connectivity index (χ0) is 35.2. The summed E-state index contributed by atoms with van der Waals surface area (Å²) in [5.41, 5.74) is 5.71. The third-order valence-corrected chi connectivity index (χ3v) is 7.97. The Morgan fingerprint density at radius 3 is 1.27 bits per heavy atom. The van der Waals surface area contributed by atoms with Gasteiger partial charge < -0.3 is 4.74 Å². The van der Waals surface area contributed by atoms with Crippen LogP contribution in [0, 0.1) is 0 Å². The van der Waals surface area contributed by atoms with Crippen molar-refractivity contribution in [2.24, 2.45) is 0 Å². The summed E-state index contributed by atoms with van der Waals surface area (Å²) in [7, 11) is 0. The van der Waals surface area contributed by atoms with Gasteiger partial charge in [0.1, 0.15) is 5.75 Å². The molecule has 3 rings (SSSR count). The molecule has 3 aromatic rings. The molecule has 0 bridgehead atoms. The first kappa shape index (κ1) is 42.9. The molecule has 0 atom stereocenters. The average molecular weight is 651 g/mol. The Morgan fingerprint density at radius 1 is 0.644 bits per heavy atom. The van der Waals surface area contributed by atoms with Crippen LogP contribution in [0.3, 0.4) is 0 Å². The van der Waals surface area contributed by atoms with Crippen LogP contribution in [-0.2, 0) is 21.7 Å². The van der Waals surface area contributed by atoms with Gasteiger partial charge >= 0.3 is 0 Å². The Morgan fingerprint density at radius 2 is 1.00 bits per heavy atom. The summed E-state index contributed by atoms with van der Waals surface area (Å²) < 4.78 is 6.27. The molecule has 0 spiro atoms. The number of hydrogen-bond donors (Lipinski definition) is 1. The summed E-state index contributed by atoms with van der Waals surface area (Å²) in [6.07, 6.45) is 4.08. The van der Waals surface area contributed by atoms with E-state index in [9.17, 15) is 0 Å². The predicted octanol–water partition coefficient (Wildman–Crippen LogP) is 14.0. The van der Waals surface area contributed by atoms with Crippen molar-refractivity contribution in [2.75, 3.05) is 6.26 Å². The number of allylic oxidation sites excluding steroid dienone is 1. The second-order valence-electron chi connectivity index (χ2n) is 15.4. The normalized spacial score (nSPS) is 11.6. The molecule has 0 amide bonds.